The average Bonchev–Trinajstić information content (AvgIpc) is 2.35. The van der Waals surface area contributed by atoms with Crippen molar-refractivity contribution in [1.29, 1.82) is 0 Å². The number of nitrogens with zero attached hydrogens (tertiary/aromatic N) is 2. The van der Waals surface area contributed by atoms with Gasteiger partial charge in [-0.15, -0.1) is 23.4 Å². The van der Waals surface area contributed by atoms with Crippen molar-refractivity contribution in [2.75, 3.05) is 11.6 Å². The summed E-state index contributed by atoms with van der Waals surface area (Å²) in [6.07, 6.45) is 1.64. The van der Waals surface area contributed by atoms with E-state index in [1.54, 1.807) is 36.2 Å². The molecule has 0 N–H and O–H groups in total. The lowest BCUT2D eigenvalue weighted by Gasteiger charge is -2.04. The van der Waals surface area contributed by atoms with Crippen molar-refractivity contribution in [3.63, 3.8) is 0 Å². The number of pyridine rings is 1. The molecular weight excluding hydrogens is 260 g/mol. The average molecular weight is 269 g/mol. The summed E-state index contributed by atoms with van der Waals surface area (Å²) in [5.74, 6) is 1.29. The summed E-state index contributed by atoms with van der Waals surface area (Å²) in [5, 5.41) is 11.5. The quantitative estimate of drug-likeness (QED) is 0.369. The van der Waals surface area contributed by atoms with Crippen molar-refractivity contribution in [3.8, 4) is 0 Å². The smallest absolute Gasteiger partial charge is 0.258 e. The van der Waals surface area contributed by atoms with Gasteiger partial charge in [-0.2, -0.15) is 0 Å². The highest BCUT2D eigenvalue weighted by atomic mass is 35.5. The summed E-state index contributed by atoms with van der Waals surface area (Å²) >= 11 is 7.19. The molecule has 1 aromatic heterocycles. The maximum atomic E-state index is 10.9. The maximum Gasteiger partial charge on any atom is 0.278 e. The Kier molecular flexibility index (Phi) is 3.81. The fraction of sp³-hybridized carbons (Fsp3) is 0.182. The lowest BCUT2D eigenvalue weighted by molar-refractivity contribution is -0.383. The highest BCUT2D eigenvalue weighted by molar-refractivity contribution is 7.99. The van der Waals surface area contributed by atoms with Gasteiger partial charge in [0, 0.05) is 28.8 Å². The predicted octanol–water partition coefficient (Wildman–Crippen LogP) is 3.47. The van der Waals surface area contributed by atoms with Crippen LogP contribution in [0.4, 0.5) is 5.69 Å². The first-order valence-corrected chi connectivity index (χ1v) is 6.47. The summed E-state index contributed by atoms with van der Waals surface area (Å²) in [7, 11) is 0. The molecule has 1 aromatic carbocycles. The Balaban J connectivity index is 2.58. The number of rotatable bonds is 4. The van der Waals surface area contributed by atoms with Crippen LogP contribution >= 0.6 is 23.4 Å². The highest BCUT2D eigenvalue weighted by Gasteiger charge is 2.14. The second-order valence-corrected chi connectivity index (χ2v) is 4.79. The second-order valence-electron chi connectivity index (χ2n) is 3.28. The van der Waals surface area contributed by atoms with E-state index in [4.69, 9.17) is 11.6 Å². The lowest BCUT2D eigenvalue weighted by Crippen LogP contribution is -1.92. The van der Waals surface area contributed by atoms with E-state index < -0.39 is 0 Å². The molecule has 0 aliphatic carbocycles. The SMILES string of the molecule is O=[N+]([O-])c1ccc(SCCCl)c2ncccc12. The fourth-order valence-corrected chi connectivity index (χ4v) is 2.55. The number of alkyl halides is 1. The van der Waals surface area contributed by atoms with Gasteiger partial charge in [-0.1, -0.05) is 0 Å². The molecule has 0 unspecified atom stereocenters. The van der Waals surface area contributed by atoms with E-state index in [2.05, 4.69) is 4.98 Å². The number of halogens is 1. The first-order chi connectivity index (χ1) is 8.24. The summed E-state index contributed by atoms with van der Waals surface area (Å²) in [6.45, 7) is 0. The number of hydrogen-bond donors (Lipinski definition) is 0. The molecule has 0 aliphatic rings. The third kappa shape index (κ3) is 2.50. The van der Waals surface area contributed by atoms with Crippen LogP contribution in [0.25, 0.3) is 10.9 Å². The van der Waals surface area contributed by atoms with Gasteiger partial charge in [-0.05, 0) is 18.2 Å². The number of fused-ring (bicyclic) bond motifs is 1. The van der Waals surface area contributed by atoms with Crippen molar-refractivity contribution in [3.05, 3.63) is 40.6 Å². The molecule has 1 heterocycles. The minimum absolute atomic E-state index is 0.0864. The fourth-order valence-electron chi connectivity index (χ4n) is 1.56. The topological polar surface area (TPSA) is 56.0 Å². The van der Waals surface area contributed by atoms with Crippen molar-refractivity contribution in [1.82, 2.24) is 4.98 Å². The number of thioether (sulfide) groups is 1. The van der Waals surface area contributed by atoms with E-state index in [1.165, 1.54) is 6.07 Å². The Bertz CT molecular complexity index is 562. The number of aromatic nitrogens is 1. The zero-order chi connectivity index (χ0) is 12.3. The molecule has 0 atom stereocenters. The Morgan fingerprint density at radius 1 is 1.41 bits per heavy atom. The molecule has 17 heavy (non-hydrogen) atoms. The van der Waals surface area contributed by atoms with Crippen molar-refractivity contribution in [2.24, 2.45) is 0 Å². The molecule has 0 radical (unpaired) electrons. The van der Waals surface area contributed by atoms with E-state index in [0.29, 0.717) is 16.8 Å². The molecule has 2 aromatic rings. The van der Waals surface area contributed by atoms with E-state index in [9.17, 15) is 10.1 Å². The minimum atomic E-state index is -0.389. The van der Waals surface area contributed by atoms with Crippen LogP contribution in [0.2, 0.25) is 0 Å². The molecule has 0 bridgehead atoms. The third-order valence-corrected chi connectivity index (χ3v) is 3.70. The zero-order valence-electron chi connectivity index (χ0n) is 8.80. The van der Waals surface area contributed by atoms with E-state index in [1.807, 2.05) is 0 Å². The summed E-state index contributed by atoms with van der Waals surface area (Å²) in [6, 6.07) is 6.65. The van der Waals surface area contributed by atoms with Gasteiger partial charge in [0.15, 0.2) is 0 Å². The summed E-state index contributed by atoms with van der Waals surface area (Å²) in [4.78, 5) is 15.6. The van der Waals surface area contributed by atoms with E-state index >= 15 is 0 Å². The molecule has 2 rings (SSSR count). The minimum Gasteiger partial charge on any atom is -0.258 e. The number of nitro benzene ring substituents is 1. The monoisotopic (exact) mass is 268 g/mol. The molecule has 6 heteroatoms. The highest BCUT2D eigenvalue weighted by Crippen LogP contribution is 2.32. The molecular formula is C11H9ClN2O2S. The first kappa shape index (κ1) is 12.1. The predicted molar refractivity (Wildman–Crippen MR) is 69.8 cm³/mol. The van der Waals surface area contributed by atoms with Crippen LogP contribution in [0.3, 0.4) is 0 Å². The summed E-state index contributed by atoms with van der Waals surface area (Å²) < 4.78 is 0. The summed E-state index contributed by atoms with van der Waals surface area (Å²) in [5.41, 5.74) is 0.750. The van der Waals surface area contributed by atoms with Gasteiger partial charge in [0.25, 0.3) is 5.69 Å². The van der Waals surface area contributed by atoms with Crippen LogP contribution in [0.15, 0.2) is 35.4 Å². The van der Waals surface area contributed by atoms with Gasteiger partial charge < -0.3 is 0 Å². The molecule has 0 saturated heterocycles. The van der Waals surface area contributed by atoms with Crippen LogP contribution in [0.1, 0.15) is 0 Å². The maximum absolute atomic E-state index is 10.9. The third-order valence-electron chi connectivity index (χ3n) is 2.24. The lowest BCUT2D eigenvalue weighted by atomic mass is 10.2. The number of benzene rings is 1. The standard InChI is InChI=1S/C11H9ClN2O2S/c12-5-7-17-10-4-3-9(14(15)16)8-2-1-6-13-11(8)10/h1-4,6H,5,7H2. The molecule has 0 aliphatic heterocycles. The van der Waals surface area contributed by atoms with E-state index in [0.717, 1.165) is 10.6 Å². The van der Waals surface area contributed by atoms with Gasteiger partial charge in [0.1, 0.15) is 0 Å². The van der Waals surface area contributed by atoms with Crippen LogP contribution in [0, 0.1) is 10.1 Å². The van der Waals surface area contributed by atoms with Crippen LogP contribution in [0.5, 0.6) is 0 Å². The molecule has 0 amide bonds. The second kappa shape index (κ2) is 5.33. The number of nitro groups is 1. The number of hydrogen-bond acceptors (Lipinski definition) is 4. The Morgan fingerprint density at radius 3 is 2.94 bits per heavy atom. The van der Waals surface area contributed by atoms with Crippen LogP contribution < -0.4 is 0 Å². The largest absolute Gasteiger partial charge is 0.278 e. The molecule has 0 spiro atoms. The van der Waals surface area contributed by atoms with Gasteiger partial charge in [-0.25, -0.2) is 0 Å². The van der Waals surface area contributed by atoms with Gasteiger partial charge >= 0.3 is 0 Å². The molecule has 4 nitrogen and oxygen atoms in total. The normalized spacial score (nSPS) is 10.6. The zero-order valence-corrected chi connectivity index (χ0v) is 10.4. The van der Waals surface area contributed by atoms with Crippen molar-refractivity contribution >= 4 is 40.0 Å². The first-order valence-electron chi connectivity index (χ1n) is 4.95. The van der Waals surface area contributed by atoms with Crippen molar-refractivity contribution < 1.29 is 4.92 Å². The Hall–Kier alpha value is -1.33. The Morgan fingerprint density at radius 2 is 2.24 bits per heavy atom. The van der Waals surface area contributed by atoms with Gasteiger partial charge in [-0.3, -0.25) is 15.1 Å². The van der Waals surface area contributed by atoms with Crippen molar-refractivity contribution in [2.45, 2.75) is 4.90 Å². The van der Waals surface area contributed by atoms with Crippen LogP contribution in [-0.2, 0) is 0 Å². The van der Waals surface area contributed by atoms with E-state index in [-0.39, 0.29) is 10.6 Å². The van der Waals surface area contributed by atoms with Gasteiger partial charge in [0.05, 0.1) is 15.8 Å². The van der Waals surface area contributed by atoms with Crippen LogP contribution in [-0.4, -0.2) is 21.5 Å². The Labute approximate surface area is 107 Å². The number of non-ortho nitro benzene ring substituents is 1. The molecule has 0 saturated carbocycles. The molecule has 88 valence electrons. The van der Waals surface area contributed by atoms with Gasteiger partial charge in [0.2, 0.25) is 0 Å². The molecule has 0 fully saturated rings.